The number of nitrogens with one attached hydrogen (secondary N) is 2. The zero-order chi connectivity index (χ0) is 21.0. The molecule has 8 heteroatoms. The standard InChI is InChI=1S/C21H21ClN2O5/c1-12-18(20(25)28-3)19(24-21(26)23-12)13-8-9-16(17(10-13)27-2)29-11-14-6-4-5-7-15(14)22/h4-10,19H,11H2,1-3H3,(H2,23,24,26)/t19-/m1/s1. The van der Waals surface area contributed by atoms with Crippen LogP contribution < -0.4 is 20.1 Å². The van der Waals surface area contributed by atoms with Gasteiger partial charge in [0.05, 0.1) is 25.8 Å². The van der Waals surface area contributed by atoms with Crippen molar-refractivity contribution in [2.45, 2.75) is 19.6 Å². The SMILES string of the molecule is COC(=O)C1=C(C)NC(=O)N[C@@H]1c1ccc(OCc2ccccc2Cl)c(OC)c1. The van der Waals surface area contributed by atoms with Crippen molar-refractivity contribution in [2.24, 2.45) is 0 Å². The Balaban J connectivity index is 1.89. The first-order chi connectivity index (χ1) is 13.9. The molecule has 0 saturated carbocycles. The van der Waals surface area contributed by atoms with E-state index >= 15 is 0 Å². The van der Waals surface area contributed by atoms with Crippen molar-refractivity contribution in [1.82, 2.24) is 10.6 Å². The van der Waals surface area contributed by atoms with Crippen molar-refractivity contribution >= 4 is 23.6 Å². The summed E-state index contributed by atoms with van der Waals surface area (Å²) < 4.78 is 16.2. The van der Waals surface area contributed by atoms with E-state index in [4.69, 9.17) is 25.8 Å². The summed E-state index contributed by atoms with van der Waals surface area (Å²) in [6, 6.07) is 11.5. The average molecular weight is 417 g/mol. The number of hydrogen-bond acceptors (Lipinski definition) is 5. The lowest BCUT2D eigenvalue weighted by Gasteiger charge is -2.28. The van der Waals surface area contributed by atoms with Crippen molar-refractivity contribution in [1.29, 1.82) is 0 Å². The summed E-state index contributed by atoms with van der Waals surface area (Å²) in [5.74, 6) is 0.443. The van der Waals surface area contributed by atoms with Crippen LogP contribution in [0.4, 0.5) is 4.79 Å². The summed E-state index contributed by atoms with van der Waals surface area (Å²) in [4.78, 5) is 24.2. The van der Waals surface area contributed by atoms with Crippen LogP contribution in [0.15, 0.2) is 53.7 Å². The molecule has 0 fully saturated rings. The molecule has 0 radical (unpaired) electrons. The number of hydrogen-bond donors (Lipinski definition) is 2. The Kier molecular flexibility index (Phi) is 6.29. The maximum atomic E-state index is 12.2. The Hall–Kier alpha value is -3.19. The number of benzene rings is 2. The molecule has 2 aromatic carbocycles. The molecule has 2 amide bonds. The number of amides is 2. The zero-order valence-electron chi connectivity index (χ0n) is 16.2. The molecule has 0 aromatic heterocycles. The first-order valence-corrected chi connectivity index (χ1v) is 9.23. The van der Waals surface area contributed by atoms with Crippen molar-refractivity contribution in [2.75, 3.05) is 14.2 Å². The predicted molar refractivity (Wildman–Crippen MR) is 108 cm³/mol. The normalized spacial score (nSPS) is 16.0. The maximum absolute atomic E-state index is 12.2. The molecule has 1 aliphatic heterocycles. The van der Waals surface area contributed by atoms with Gasteiger partial charge < -0.3 is 24.8 Å². The molecule has 3 rings (SSSR count). The molecule has 0 spiro atoms. The predicted octanol–water partition coefficient (Wildman–Crippen LogP) is 3.73. The third-order valence-corrected chi connectivity index (χ3v) is 4.91. The number of ether oxygens (including phenoxy) is 3. The van der Waals surface area contributed by atoms with Gasteiger partial charge in [0.15, 0.2) is 11.5 Å². The van der Waals surface area contributed by atoms with Crippen LogP contribution in [0.2, 0.25) is 5.02 Å². The highest BCUT2D eigenvalue weighted by Gasteiger charge is 2.32. The van der Waals surface area contributed by atoms with Gasteiger partial charge in [0.25, 0.3) is 0 Å². The molecule has 0 aliphatic carbocycles. The fraction of sp³-hybridized carbons (Fsp3) is 0.238. The second-order valence-corrected chi connectivity index (χ2v) is 6.76. The van der Waals surface area contributed by atoms with E-state index < -0.39 is 18.0 Å². The van der Waals surface area contributed by atoms with E-state index in [2.05, 4.69) is 10.6 Å². The molecule has 7 nitrogen and oxygen atoms in total. The molecule has 1 aliphatic rings. The zero-order valence-corrected chi connectivity index (χ0v) is 17.0. The van der Waals surface area contributed by atoms with Gasteiger partial charge in [0.1, 0.15) is 6.61 Å². The van der Waals surface area contributed by atoms with E-state index in [1.54, 1.807) is 31.2 Å². The topological polar surface area (TPSA) is 85.9 Å². The van der Waals surface area contributed by atoms with Gasteiger partial charge >= 0.3 is 12.0 Å². The Labute approximate surface area is 173 Å². The molecule has 29 heavy (non-hydrogen) atoms. The first kappa shape index (κ1) is 20.5. The van der Waals surface area contributed by atoms with Gasteiger partial charge in [-0.25, -0.2) is 9.59 Å². The number of carbonyl (C=O) groups excluding carboxylic acids is 2. The first-order valence-electron chi connectivity index (χ1n) is 8.85. The maximum Gasteiger partial charge on any atom is 0.337 e. The highest BCUT2D eigenvalue weighted by Crippen LogP contribution is 2.35. The smallest absolute Gasteiger partial charge is 0.337 e. The second kappa shape index (κ2) is 8.87. The summed E-state index contributed by atoms with van der Waals surface area (Å²) in [7, 11) is 2.81. The summed E-state index contributed by atoms with van der Waals surface area (Å²) >= 11 is 6.17. The molecule has 0 saturated heterocycles. The summed E-state index contributed by atoms with van der Waals surface area (Å²) in [5, 5.41) is 5.94. The second-order valence-electron chi connectivity index (χ2n) is 6.35. The summed E-state index contributed by atoms with van der Waals surface area (Å²) in [6.07, 6.45) is 0. The van der Waals surface area contributed by atoms with E-state index in [1.165, 1.54) is 14.2 Å². The van der Waals surface area contributed by atoms with Gasteiger partial charge in [-0.1, -0.05) is 35.9 Å². The third kappa shape index (κ3) is 4.46. The minimum absolute atomic E-state index is 0.270. The summed E-state index contributed by atoms with van der Waals surface area (Å²) in [6.45, 7) is 1.92. The van der Waals surface area contributed by atoms with E-state index in [-0.39, 0.29) is 6.61 Å². The van der Waals surface area contributed by atoms with E-state index in [0.717, 1.165) is 5.56 Å². The van der Waals surface area contributed by atoms with Crippen molar-refractivity contribution in [3.8, 4) is 11.5 Å². The van der Waals surface area contributed by atoms with Gasteiger partial charge in [-0.05, 0) is 30.7 Å². The molecular formula is C21H21ClN2O5. The van der Waals surface area contributed by atoms with Crippen LogP contribution in [0, 0.1) is 0 Å². The number of carbonyl (C=O) groups is 2. The molecule has 2 aromatic rings. The molecule has 152 valence electrons. The van der Waals surface area contributed by atoms with Gasteiger partial charge in [-0.3, -0.25) is 0 Å². The quantitative estimate of drug-likeness (QED) is 0.701. The van der Waals surface area contributed by atoms with Crippen molar-refractivity contribution in [3.05, 3.63) is 69.9 Å². The van der Waals surface area contributed by atoms with Gasteiger partial charge in [0.2, 0.25) is 0 Å². The Morgan fingerprint density at radius 2 is 1.90 bits per heavy atom. The highest BCUT2D eigenvalue weighted by atomic mass is 35.5. The molecule has 1 heterocycles. The molecule has 0 bridgehead atoms. The van der Waals surface area contributed by atoms with Crippen molar-refractivity contribution in [3.63, 3.8) is 0 Å². The fourth-order valence-corrected chi connectivity index (χ4v) is 3.27. The Morgan fingerprint density at radius 3 is 2.59 bits per heavy atom. The Morgan fingerprint density at radius 1 is 1.14 bits per heavy atom. The molecule has 1 atom stereocenters. The van der Waals surface area contributed by atoms with Crippen LogP contribution in [-0.4, -0.2) is 26.2 Å². The van der Waals surface area contributed by atoms with Crippen LogP contribution in [0.3, 0.4) is 0 Å². The van der Waals surface area contributed by atoms with Crippen LogP contribution in [0.25, 0.3) is 0 Å². The highest BCUT2D eigenvalue weighted by molar-refractivity contribution is 6.31. The van der Waals surface area contributed by atoms with E-state index in [0.29, 0.717) is 33.4 Å². The van der Waals surface area contributed by atoms with Crippen LogP contribution in [0.5, 0.6) is 11.5 Å². The lowest BCUT2D eigenvalue weighted by molar-refractivity contribution is -0.136. The van der Waals surface area contributed by atoms with Crippen molar-refractivity contribution < 1.29 is 23.8 Å². The van der Waals surface area contributed by atoms with Gasteiger partial charge in [0, 0.05) is 16.3 Å². The third-order valence-electron chi connectivity index (χ3n) is 4.54. The Bertz CT molecular complexity index is 973. The number of methoxy groups -OCH3 is 2. The van der Waals surface area contributed by atoms with E-state index in [1.807, 2.05) is 18.2 Å². The van der Waals surface area contributed by atoms with Crippen LogP contribution in [0.1, 0.15) is 24.1 Å². The lowest BCUT2D eigenvalue weighted by atomic mass is 9.95. The van der Waals surface area contributed by atoms with Gasteiger partial charge in [-0.2, -0.15) is 0 Å². The fourth-order valence-electron chi connectivity index (χ4n) is 3.08. The largest absolute Gasteiger partial charge is 0.493 e. The minimum atomic E-state index is -0.678. The average Bonchev–Trinajstić information content (AvgIpc) is 2.72. The number of rotatable bonds is 6. The number of urea groups is 1. The van der Waals surface area contributed by atoms with E-state index in [9.17, 15) is 9.59 Å². The van der Waals surface area contributed by atoms with Crippen LogP contribution >= 0.6 is 11.6 Å². The minimum Gasteiger partial charge on any atom is -0.493 e. The number of esters is 1. The monoisotopic (exact) mass is 416 g/mol. The number of allylic oxidation sites excluding steroid dienone is 1. The lowest BCUT2D eigenvalue weighted by Crippen LogP contribution is -2.45. The number of halogens is 1. The van der Waals surface area contributed by atoms with Gasteiger partial charge in [-0.15, -0.1) is 0 Å². The summed E-state index contributed by atoms with van der Waals surface area (Å²) in [5.41, 5.74) is 2.25. The molecule has 0 unspecified atom stereocenters. The molecular weight excluding hydrogens is 396 g/mol. The van der Waals surface area contributed by atoms with Crippen LogP contribution in [-0.2, 0) is 16.1 Å². The molecule has 2 N–H and O–H groups in total.